The van der Waals surface area contributed by atoms with Gasteiger partial charge in [-0.15, -0.1) is 11.3 Å². The first-order chi connectivity index (χ1) is 13.0. The van der Waals surface area contributed by atoms with Crippen molar-refractivity contribution in [3.63, 3.8) is 0 Å². The minimum atomic E-state index is -0.550. The molecule has 1 N–H and O–H groups in total. The second kappa shape index (κ2) is 8.13. The van der Waals surface area contributed by atoms with E-state index in [0.29, 0.717) is 28.3 Å². The van der Waals surface area contributed by atoms with Gasteiger partial charge in [0.2, 0.25) is 5.91 Å². The van der Waals surface area contributed by atoms with E-state index in [1.54, 1.807) is 30.5 Å². The molecule has 0 spiro atoms. The summed E-state index contributed by atoms with van der Waals surface area (Å²) in [7, 11) is 0. The number of aryl methyl sites for hydroxylation is 1. The van der Waals surface area contributed by atoms with Crippen LogP contribution in [-0.4, -0.2) is 21.3 Å². The highest BCUT2D eigenvalue weighted by molar-refractivity contribution is 7.16. The number of carbonyl (C=O) groups excluding carboxylic acids is 2. The summed E-state index contributed by atoms with van der Waals surface area (Å²) in [5, 5.41) is 2.74. The van der Waals surface area contributed by atoms with Crippen LogP contribution in [0.3, 0.4) is 0 Å². The Bertz CT molecular complexity index is 1050. The van der Waals surface area contributed by atoms with Crippen LogP contribution in [0.4, 0.5) is 5.69 Å². The average molecular weight is 385 g/mol. The zero-order valence-electron chi connectivity index (χ0n) is 15.0. The second-order valence-electron chi connectivity index (χ2n) is 6.04. The summed E-state index contributed by atoms with van der Waals surface area (Å²) in [5.74, 6) is -0.654. The van der Waals surface area contributed by atoms with Gasteiger partial charge in [0.25, 0.3) is 5.56 Å². The van der Waals surface area contributed by atoms with Crippen LogP contribution < -0.4 is 10.9 Å². The molecule has 0 fully saturated rings. The largest absolute Gasteiger partial charge is 0.456 e. The number of nitrogens with zero attached hydrogens (tertiary/aromatic N) is 2. The Morgan fingerprint density at radius 1 is 1.30 bits per heavy atom. The van der Waals surface area contributed by atoms with Crippen molar-refractivity contribution in [2.45, 2.75) is 33.3 Å². The average Bonchev–Trinajstić information content (AvgIpc) is 3.01. The number of amides is 1. The van der Waals surface area contributed by atoms with Crippen molar-refractivity contribution < 1.29 is 14.3 Å². The fourth-order valence-electron chi connectivity index (χ4n) is 2.53. The molecule has 7 nitrogen and oxygen atoms in total. The number of hydrogen-bond acceptors (Lipinski definition) is 6. The first-order valence-electron chi connectivity index (χ1n) is 8.52. The van der Waals surface area contributed by atoms with Gasteiger partial charge in [0, 0.05) is 29.2 Å². The molecule has 27 heavy (non-hydrogen) atoms. The van der Waals surface area contributed by atoms with E-state index in [2.05, 4.69) is 10.3 Å². The Morgan fingerprint density at radius 3 is 2.89 bits per heavy atom. The normalized spacial score (nSPS) is 10.7. The smallest absolute Gasteiger partial charge is 0.338 e. The Labute approximate surface area is 159 Å². The molecule has 0 unspecified atom stereocenters. The van der Waals surface area contributed by atoms with Gasteiger partial charge >= 0.3 is 5.97 Å². The van der Waals surface area contributed by atoms with Crippen LogP contribution in [-0.2, 0) is 16.1 Å². The third kappa shape index (κ3) is 4.59. The van der Waals surface area contributed by atoms with Crippen LogP contribution in [0.1, 0.15) is 40.7 Å². The number of carbonyl (C=O) groups is 2. The fraction of sp³-hybridized carbons (Fsp3) is 0.263. The van der Waals surface area contributed by atoms with Crippen molar-refractivity contribution in [3.05, 3.63) is 63.0 Å². The van der Waals surface area contributed by atoms with Gasteiger partial charge in [0.15, 0.2) is 4.96 Å². The molecule has 0 aliphatic heterocycles. The minimum absolute atomic E-state index is 0.103. The molecule has 0 aliphatic rings. The van der Waals surface area contributed by atoms with E-state index in [9.17, 15) is 14.4 Å². The van der Waals surface area contributed by atoms with Crippen molar-refractivity contribution in [3.8, 4) is 0 Å². The van der Waals surface area contributed by atoms with E-state index in [1.165, 1.54) is 21.8 Å². The number of fused-ring (bicyclic) bond motifs is 1. The lowest BCUT2D eigenvalue weighted by Crippen LogP contribution is -2.15. The molecule has 0 atom stereocenters. The first-order valence-corrected chi connectivity index (χ1v) is 9.33. The summed E-state index contributed by atoms with van der Waals surface area (Å²) in [6.45, 7) is 3.71. The maximum Gasteiger partial charge on any atom is 0.338 e. The van der Waals surface area contributed by atoms with Crippen molar-refractivity contribution in [2.75, 3.05) is 5.32 Å². The van der Waals surface area contributed by atoms with Crippen LogP contribution in [0, 0.1) is 6.92 Å². The zero-order valence-corrected chi connectivity index (χ0v) is 15.8. The Morgan fingerprint density at radius 2 is 2.11 bits per heavy atom. The van der Waals surface area contributed by atoms with Gasteiger partial charge < -0.3 is 10.1 Å². The number of rotatable bonds is 6. The van der Waals surface area contributed by atoms with E-state index in [0.717, 1.165) is 11.3 Å². The Kier molecular flexibility index (Phi) is 5.66. The number of hydrogen-bond donors (Lipinski definition) is 1. The number of esters is 1. The SMILES string of the molecule is CCCC(=O)Nc1cccc(C(=O)OCc2cc(=O)n3cc(C)sc3n2)c1. The monoisotopic (exact) mass is 385 g/mol. The number of benzene rings is 1. The molecule has 2 aromatic heterocycles. The van der Waals surface area contributed by atoms with E-state index < -0.39 is 5.97 Å². The highest BCUT2D eigenvalue weighted by Crippen LogP contribution is 2.15. The molecular weight excluding hydrogens is 366 g/mol. The molecule has 0 saturated heterocycles. The number of ether oxygens (including phenoxy) is 1. The Balaban J connectivity index is 1.69. The van der Waals surface area contributed by atoms with Crippen LogP contribution in [0.2, 0.25) is 0 Å². The van der Waals surface area contributed by atoms with E-state index >= 15 is 0 Å². The standard InChI is InChI=1S/C19H19N3O4S/c1-3-5-16(23)20-14-7-4-6-13(8-14)18(25)26-11-15-9-17(24)22-10-12(2)27-19(22)21-15/h4,6-10H,3,5,11H2,1-2H3,(H,20,23). The summed E-state index contributed by atoms with van der Waals surface area (Å²) in [4.78, 5) is 41.9. The van der Waals surface area contributed by atoms with Crippen LogP contribution in [0.15, 0.2) is 41.3 Å². The van der Waals surface area contributed by atoms with E-state index in [1.807, 2.05) is 13.8 Å². The zero-order chi connectivity index (χ0) is 19.4. The molecule has 140 valence electrons. The quantitative estimate of drug-likeness (QED) is 0.658. The number of aromatic nitrogens is 2. The first kappa shape index (κ1) is 18.8. The molecule has 2 heterocycles. The molecule has 0 bridgehead atoms. The molecule has 3 rings (SSSR count). The topological polar surface area (TPSA) is 89.8 Å². The van der Waals surface area contributed by atoms with Crippen molar-refractivity contribution in [1.29, 1.82) is 0 Å². The summed E-state index contributed by atoms with van der Waals surface area (Å²) in [6.07, 6.45) is 2.89. The third-order valence-corrected chi connectivity index (χ3v) is 4.64. The lowest BCUT2D eigenvalue weighted by molar-refractivity contribution is -0.116. The number of anilines is 1. The summed E-state index contributed by atoms with van der Waals surface area (Å²) in [5.41, 5.74) is 1.03. The lowest BCUT2D eigenvalue weighted by atomic mass is 10.2. The molecule has 0 aliphatic carbocycles. The molecule has 0 saturated carbocycles. The molecule has 0 radical (unpaired) electrons. The van der Waals surface area contributed by atoms with Gasteiger partial charge in [-0.2, -0.15) is 0 Å². The molecule has 1 aromatic carbocycles. The lowest BCUT2D eigenvalue weighted by Gasteiger charge is -2.07. The summed E-state index contributed by atoms with van der Waals surface area (Å²) < 4.78 is 6.74. The van der Waals surface area contributed by atoms with Gasteiger partial charge in [-0.1, -0.05) is 13.0 Å². The van der Waals surface area contributed by atoms with Crippen molar-refractivity contribution >= 4 is 33.9 Å². The highest BCUT2D eigenvalue weighted by atomic mass is 32.1. The number of thiazole rings is 1. The van der Waals surface area contributed by atoms with Gasteiger partial charge in [0.05, 0.1) is 11.3 Å². The molecule has 3 aromatic rings. The van der Waals surface area contributed by atoms with Gasteiger partial charge in [-0.25, -0.2) is 9.78 Å². The predicted octanol–water partition coefficient (Wildman–Crippen LogP) is 3.16. The molecule has 1 amide bonds. The van der Waals surface area contributed by atoms with Crippen molar-refractivity contribution in [2.24, 2.45) is 0 Å². The van der Waals surface area contributed by atoms with Gasteiger partial charge in [-0.05, 0) is 31.5 Å². The molecular formula is C19H19N3O4S. The van der Waals surface area contributed by atoms with Crippen LogP contribution in [0.5, 0.6) is 0 Å². The Hall–Kier alpha value is -3.00. The molecule has 8 heteroatoms. The van der Waals surface area contributed by atoms with E-state index in [4.69, 9.17) is 4.74 Å². The van der Waals surface area contributed by atoms with Crippen LogP contribution >= 0.6 is 11.3 Å². The van der Waals surface area contributed by atoms with Crippen molar-refractivity contribution in [1.82, 2.24) is 9.38 Å². The maximum absolute atomic E-state index is 12.3. The van der Waals surface area contributed by atoms with Gasteiger partial charge in [0.1, 0.15) is 6.61 Å². The third-order valence-electron chi connectivity index (χ3n) is 3.75. The summed E-state index contributed by atoms with van der Waals surface area (Å²) >= 11 is 1.39. The fourth-order valence-corrected chi connectivity index (χ4v) is 3.38. The van der Waals surface area contributed by atoms with Crippen LogP contribution in [0.25, 0.3) is 4.96 Å². The predicted molar refractivity (Wildman–Crippen MR) is 103 cm³/mol. The summed E-state index contributed by atoms with van der Waals surface area (Å²) in [6, 6.07) is 7.90. The van der Waals surface area contributed by atoms with E-state index in [-0.39, 0.29) is 18.1 Å². The second-order valence-corrected chi connectivity index (χ2v) is 7.25. The minimum Gasteiger partial charge on any atom is -0.456 e. The maximum atomic E-state index is 12.3. The van der Waals surface area contributed by atoms with Gasteiger partial charge in [-0.3, -0.25) is 14.0 Å². The highest BCUT2D eigenvalue weighted by Gasteiger charge is 2.11. The number of nitrogens with one attached hydrogen (secondary N) is 1.